The summed E-state index contributed by atoms with van der Waals surface area (Å²) in [7, 11) is 0. The zero-order valence-corrected chi connectivity index (χ0v) is 22.7. The number of ketones is 1. The standard InChI is InChI=1S/C21H26F3NO.C12H14/c1-2-13-8-16-4-3-7-20(16,11-13)19(26)14-5-6-18-15(9-14)10-17(12-25-18)21(22,23)24;1-10-6-2-3-7-11-8-4-5-9-12(10)11/h10,12-14,16H,2-9,11H2,1H3;3-5,7-10H,2,6H2,1H3/t13-,14?,16-,20-;10-/m10/s1. The number of halogens is 3. The Bertz CT molecular complexity index is 1190. The lowest BCUT2D eigenvalue weighted by Crippen LogP contribution is -2.38. The number of aromatic nitrogens is 1. The minimum absolute atomic E-state index is 0.135. The number of carbonyl (C=O) groups excluding carboxylic acids is 1. The van der Waals surface area contributed by atoms with Gasteiger partial charge in [0.15, 0.2) is 0 Å². The van der Waals surface area contributed by atoms with Gasteiger partial charge in [0.2, 0.25) is 0 Å². The Kier molecular flexibility index (Phi) is 7.84. The van der Waals surface area contributed by atoms with Crippen molar-refractivity contribution in [3.63, 3.8) is 0 Å². The molecule has 2 saturated carbocycles. The van der Waals surface area contributed by atoms with Crippen LogP contribution in [0.2, 0.25) is 0 Å². The van der Waals surface area contributed by atoms with Gasteiger partial charge in [0.05, 0.1) is 5.56 Å². The quantitative estimate of drug-likeness (QED) is 0.402. The van der Waals surface area contributed by atoms with Gasteiger partial charge < -0.3 is 0 Å². The number of hydrogen-bond acceptors (Lipinski definition) is 2. The Morgan fingerprint density at radius 1 is 1.16 bits per heavy atom. The van der Waals surface area contributed by atoms with E-state index in [0.29, 0.717) is 36.0 Å². The smallest absolute Gasteiger partial charge is 0.299 e. The summed E-state index contributed by atoms with van der Waals surface area (Å²) in [6.45, 7) is 4.51. The largest absolute Gasteiger partial charge is 0.417 e. The highest BCUT2D eigenvalue weighted by Gasteiger charge is 2.55. The average molecular weight is 524 g/mol. The van der Waals surface area contributed by atoms with Gasteiger partial charge in [0.25, 0.3) is 0 Å². The lowest BCUT2D eigenvalue weighted by atomic mass is 9.68. The van der Waals surface area contributed by atoms with E-state index in [1.165, 1.54) is 30.0 Å². The zero-order chi connectivity index (χ0) is 26.9. The monoisotopic (exact) mass is 523 g/mol. The van der Waals surface area contributed by atoms with E-state index in [4.69, 9.17) is 0 Å². The molecule has 0 N–H and O–H groups in total. The predicted octanol–water partition coefficient (Wildman–Crippen LogP) is 8.98. The molecule has 5 atom stereocenters. The van der Waals surface area contributed by atoms with Gasteiger partial charge in [-0.05, 0) is 98.3 Å². The van der Waals surface area contributed by atoms with E-state index in [2.05, 4.69) is 55.2 Å². The molecule has 2 aromatic rings. The van der Waals surface area contributed by atoms with Gasteiger partial charge in [-0.3, -0.25) is 9.78 Å². The number of benzene rings is 1. The Hall–Kier alpha value is -2.43. The van der Waals surface area contributed by atoms with Crippen LogP contribution >= 0.6 is 0 Å². The molecule has 5 heteroatoms. The third-order valence-electron chi connectivity index (χ3n) is 9.84. The van der Waals surface area contributed by atoms with Crippen LogP contribution in [-0.4, -0.2) is 10.8 Å². The maximum atomic E-state index is 13.5. The van der Waals surface area contributed by atoms with Crippen molar-refractivity contribution in [3.05, 3.63) is 70.6 Å². The van der Waals surface area contributed by atoms with E-state index in [-0.39, 0.29) is 11.3 Å². The van der Waals surface area contributed by atoms with E-state index in [0.717, 1.165) is 62.8 Å². The topological polar surface area (TPSA) is 30.0 Å². The molecule has 1 aromatic heterocycles. The molecule has 2 fully saturated rings. The molecule has 4 aliphatic rings. The summed E-state index contributed by atoms with van der Waals surface area (Å²) >= 11 is 0. The molecule has 2 nitrogen and oxygen atoms in total. The third-order valence-corrected chi connectivity index (χ3v) is 9.84. The average Bonchev–Trinajstić information content (AvgIpc) is 3.42. The number of hydrogen-bond donors (Lipinski definition) is 0. The van der Waals surface area contributed by atoms with Gasteiger partial charge in [-0.1, -0.05) is 63.1 Å². The van der Waals surface area contributed by atoms with Crippen LogP contribution in [-0.2, 0) is 23.8 Å². The molecular weight excluding hydrogens is 483 g/mol. The first kappa shape index (κ1) is 27.1. The molecule has 0 bridgehead atoms. The van der Waals surface area contributed by atoms with Gasteiger partial charge in [-0.15, -0.1) is 0 Å². The minimum atomic E-state index is -4.38. The Morgan fingerprint density at radius 3 is 2.76 bits per heavy atom. The SMILES string of the molecule is CC[C@@H]1C[C@H]2CCC[C@@]2(C(=O)C2CCc3ncc(C(F)(F)F)cc3C2)C1.C[C@H]1CCC=Cc2ccccc21. The van der Waals surface area contributed by atoms with Gasteiger partial charge in [0, 0.05) is 23.2 Å². The fourth-order valence-electron chi connectivity index (χ4n) is 7.72. The number of carbonyl (C=O) groups is 1. The first-order valence-electron chi connectivity index (χ1n) is 14.6. The number of rotatable bonds is 3. The summed E-state index contributed by atoms with van der Waals surface area (Å²) < 4.78 is 39.0. The Labute approximate surface area is 225 Å². The van der Waals surface area contributed by atoms with Crippen LogP contribution in [0.5, 0.6) is 0 Å². The van der Waals surface area contributed by atoms with E-state index >= 15 is 0 Å². The molecule has 0 saturated heterocycles. The van der Waals surface area contributed by atoms with E-state index in [1.54, 1.807) is 0 Å². The summed E-state index contributed by atoms with van der Waals surface area (Å²) in [6, 6.07) is 9.91. The molecule has 6 rings (SSSR count). The van der Waals surface area contributed by atoms with Gasteiger partial charge in [0.1, 0.15) is 5.78 Å². The molecular formula is C33H40F3NO. The van der Waals surface area contributed by atoms with Crippen molar-refractivity contribution in [3.8, 4) is 0 Å². The van der Waals surface area contributed by atoms with Crippen LogP contribution in [0.4, 0.5) is 13.2 Å². The maximum Gasteiger partial charge on any atom is 0.417 e. The second-order valence-electron chi connectivity index (χ2n) is 12.1. The van der Waals surface area contributed by atoms with Crippen LogP contribution in [0.15, 0.2) is 42.6 Å². The first-order valence-corrected chi connectivity index (χ1v) is 14.6. The van der Waals surface area contributed by atoms with Crippen LogP contribution in [0.1, 0.15) is 106 Å². The van der Waals surface area contributed by atoms with Crippen molar-refractivity contribution in [2.45, 2.75) is 96.6 Å². The highest BCUT2D eigenvalue weighted by atomic mass is 19.4. The normalized spacial score (nSPS) is 29.9. The Balaban J connectivity index is 0.000000204. The van der Waals surface area contributed by atoms with Gasteiger partial charge in [-0.25, -0.2) is 0 Å². The second kappa shape index (κ2) is 11.0. The number of alkyl halides is 3. The van der Waals surface area contributed by atoms with Crippen molar-refractivity contribution in [1.82, 2.24) is 4.98 Å². The highest BCUT2D eigenvalue weighted by molar-refractivity contribution is 5.88. The van der Waals surface area contributed by atoms with Crippen LogP contribution < -0.4 is 0 Å². The molecule has 1 aromatic carbocycles. The summed E-state index contributed by atoms with van der Waals surface area (Å²) in [5.41, 5.74) is 3.39. The molecule has 0 amide bonds. The molecule has 38 heavy (non-hydrogen) atoms. The number of pyridine rings is 1. The number of Topliss-reactive ketones (excluding diaryl/α,β-unsaturated/α-hetero) is 1. The summed E-state index contributed by atoms with van der Waals surface area (Å²) in [6.07, 6.45) is 11.9. The van der Waals surface area contributed by atoms with Crippen LogP contribution in [0.25, 0.3) is 6.08 Å². The van der Waals surface area contributed by atoms with Gasteiger partial charge in [-0.2, -0.15) is 13.2 Å². The minimum Gasteiger partial charge on any atom is -0.299 e. The lowest BCUT2D eigenvalue weighted by Gasteiger charge is -2.34. The number of aryl methyl sites for hydroxylation is 1. The molecule has 4 aliphatic carbocycles. The fourth-order valence-corrected chi connectivity index (χ4v) is 7.72. The molecule has 1 heterocycles. The Morgan fingerprint density at radius 2 is 1.97 bits per heavy atom. The zero-order valence-electron chi connectivity index (χ0n) is 22.7. The maximum absolute atomic E-state index is 13.5. The molecule has 204 valence electrons. The number of allylic oxidation sites excluding steroid dienone is 1. The van der Waals surface area contributed by atoms with E-state index in [1.807, 2.05) is 0 Å². The third kappa shape index (κ3) is 5.35. The van der Waals surface area contributed by atoms with Crippen LogP contribution in [0, 0.1) is 23.2 Å². The first-order chi connectivity index (χ1) is 18.2. The molecule has 0 aliphatic heterocycles. The summed E-state index contributed by atoms with van der Waals surface area (Å²) in [5.74, 6) is 2.07. The molecule has 1 unspecified atom stereocenters. The lowest BCUT2D eigenvalue weighted by molar-refractivity contribution is -0.137. The predicted molar refractivity (Wildman–Crippen MR) is 146 cm³/mol. The van der Waals surface area contributed by atoms with E-state index in [9.17, 15) is 18.0 Å². The van der Waals surface area contributed by atoms with Crippen molar-refractivity contribution >= 4 is 11.9 Å². The molecule has 0 spiro atoms. The summed E-state index contributed by atoms with van der Waals surface area (Å²) in [5, 5.41) is 0. The number of nitrogens with zero attached hydrogens (tertiary/aromatic N) is 1. The van der Waals surface area contributed by atoms with Gasteiger partial charge >= 0.3 is 6.18 Å². The summed E-state index contributed by atoms with van der Waals surface area (Å²) in [4.78, 5) is 17.6. The van der Waals surface area contributed by atoms with Crippen molar-refractivity contribution in [2.24, 2.45) is 23.2 Å². The highest BCUT2D eigenvalue weighted by Crippen LogP contribution is 2.59. The van der Waals surface area contributed by atoms with Crippen molar-refractivity contribution in [1.29, 1.82) is 0 Å². The fraction of sp³-hybridized carbons (Fsp3) is 0.576. The van der Waals surface area contributed by atoms with Crippen LogP contribution in [0.3, 0.4) is 0 Å². The van der Waals surface area contributed by atoms with Crippen molar-refractivity contribution < 1.29 is 18.0 Å². The number of fused-ring (bicyclic) bond motifs is 3. The van der Waals surface area contributed by atoms with E-state index < -0.39 is 11.7 Å². The molecule has 0 radical (unpaired) electrons. The second-order valence-corrected chi connectivity index (χ2v) is 12.1. The van der Waals surface area contributed by atoms with Crippen molar-refractivity contribution in [2.75, 3.05) is 0 Å².